The van der Waals surface area contributed by atoms with E-state index >= 15 is 0 Å². The van der Waals surface area contributed by atoms with Gasteiger partial charge in [0.2, 0.25) is 0 Å². The quantitative estimate of drug-likeness (QED) is 0.267. The Hall–Kier alpha value is -2.62. The van der Waals surface area contributed by atoms with Gasteiger partial charge in [0.15, 0.2) is 0 Å². The van der Waals surface area contributed by atoms with Crippen LogP contribution in [0.25, 0.3) is 11.6 Å². The molecule has 0 bridgehead atoms. The van der Waals surface area contributed by atoms with Gasteiger partial charge in [-0.3, -0.25) is 4.79 Å². The zero-order valence-corrected chi connectivity index (χ0v) is 27.2. The van der Waals surface area contributed by atoms with Crippen LogP contribution in [0.15, 0.2) is 48.6 Å². The van der Waals surface area contributed by atoms with Crippen molar-refractivity contribution in [3.8, 4) is 0 Å². The van der Waals surface area contributed by atoms with Crippen LogP contribution in [0.1, 0.15) is 110 Å². The third kappa shape index (κ3) is 4.13. The van der Waals surface area contributed by atoms with E-state index < -0.39 is 17.4 Å². The fraction of sp³-hybridized carbons (Fsp3) is 0.641. The van der Waals surface area contributed by atoms with Crippen LogP contribution in [0.3, 0.4) is 0 Å². The molecule has 0 radical (unpaired) electrons. The summed E-state index contributed by atoms with van der Waals surface area (Å²) in [5.74, 6) is 0.692. The lowest BCUT2D eigenvalue weighted by atomic mass is 9.32. The molecule has 5 aliphatic rings. The first-order chi connectivity index (χ1) is 20.1. The summed E-state index contributed by atoms with van der Waals surface area (Å²) in [5, 5.41) is 19.6. The molecule has 1 aromatic carbocycles. The van der Waals surface area contributed by atoms with Crippen LogP contribution in [-0.2, 0) is 9.59 Å². The Morgan fingerprint density at radius 3 is 2.19 bits per heavy atom. The molecular weight excluding hydrogens is 532 g/mol. The van der Waals surface area contributed by atoms with Gasteiger partial charge in [-0.2, -0.15) is 0 Å². The lowest BCUT2D eigenvalue weighted by Crippen LogP contribution is -2.65. The predicted molar refractivity (Wildman–Crippen MR) is 173 cm³/mol. The lowest BCUT2D eigenvalue weighted by Gasteiger charge is -2.72. The van der Waals surface area contributed by atoms with Gasteiger partial charge < -0.3 is 10.2 Å². The molecule has 4 heteroatoms. The van der Waals surface area contributed by atoms with Crippen LogP contribution in [0.4, 0.5) is 0 Å². The van der Waals surface area contributed by atoms with E-state index in [2.05, 4.69) is 66.3 Å². The zero-order chi connectivity index (χ0) is 31.2. The van der Waals surface area contributed by atoms with Gasteiger partial charge in [0.05, 0.1) is 5.41 Å². The number of allylic oxidation sites excluding steroid dienone is 3. The van der Waals surface area contributed by atoms with Gasteiger partial charge in [-0.05, 0) is 139 Å². The summed E-state index contributed by atoms with van der Waals surface area (Å²) >= 11 is 0. The predicted octanol–water partition coefficient (Wildman–Crippen LogP) is 9.52. The number of carboxylic acid groups (broad SMARTS) is 2. The van der Waals surface area contributed by atoms with Crippen molar-refractivity contribution in [3.05, 3.63) is 59.7 Å². The summed E-state index contributed by atoms with van der Waals surface area (Å²) in [6.07, 6.45) is 14.9. The zero-order valence-electron chi connectivity index (χ0n) is 27.2. The maximum atomic E-state index is 12.9. The molecule has 43 heavy (non-hydrogen) atoms. The van der Waals surface area contributed by atoms with Gasteiger partial charge in [0.1, 0.15) is 0 Å². The van der Waals surface area contributed by atoms with Gasteiger partial charge >= 0.3 is 11.9 Å². The fourth-order valence-electron chi connectivity index (χ4n) is 12.6. The van der Waals surface area contributed by atoms with Gasteiger partial charge in [-0.25, -0.2) is 4.79 Å². The summed E-state index contributed by atoms with van der Waals surface area (Å²) < 4.78 is 0. The minimum absolute atomic E-state index is 0.0199. The van der Waals surface area contributed by atoms with Crippen LogP contribution in [0, 0.1) is 56.7 Å². The molecule has 1 unspecified atom stereocenters. The van der Waals surface area contributed by atoms with E-state index in [1.807, 2.05) is 12.1 Å². The van der Waals surface area contributed by atoms with Gasteiger partial charge in [0.25, 0.3) is 0 Å². The van der Waals surface area contributed by atoms with Crippen LogP contribution >= 0.6 is 0 Å². The Labute approximate surface area is 258 Å². The first-order valence-corrected chi connectivity index (χ1v) is 16.7. The van der Waals surface area contributed by atoms with Crippen LogP contribution in [0.2, 0.25) is 0 Å². The Bertz CT molecular complexity index is 1400. The molecule has 9 atom stereocenters. The molecule has 0 saturated heterocycles. The second kappa shape index (κ2) is 9.94. The molecule has 0 heterocycles. The van der Waals surface area contributed by atoms with E-state index in [0.717, 1.165) is 44.1 Å². The van der Waals surface area contributed by atoms with E-state index in [9.17, 15) is 14.7 Å². The molecule has 0 aliphatic heterocycles. The van der Waals surface area contributed by atoms with E-state index in [1.165, 1.54) is 42.0 Å². The number of hydrogen-bond donors (Lipinski definition) is 2. The van der Waals surface area contributed by atoms with E-state index in [1.54, 1.807) is 6.08 Å². The molecule has 1 aromatic rings. The van der Waals surface area contributed by atoms with E-state index in [0.29, 0.717) is 23.7 Å². The van der Waals surface area contributed by atoms with Crippen LogP contribution < -0.4 is 0 Å². The van der Waals surface area contributed by atoms with Gasteiger partial charge in [0, 0.05) is 6.08 Å². The van der Waals surface area contributed by atoms with Crippen molar-refractivity contribution >= 4 is 23.6 Å². The minimum Gasteiger partial charge on any atom is -0.481 e. The maximum absolute atomic E-state index is 12.9. The topological polar surface area (TPSA) is 74.6 Å². The highest BCUT2D eigenvalue weighted by Gasteiger charge is 2.71. The number of carbonyl (C=O) groups is 2. The molecule has 0 spiro atoms. The second-order valence-corrected chi connectivity index (χ2v) is 16.5. The summed E-state index contributed by atoms with van der Waals surface area (Å²) in [5.41, 5.74) is 4.74. The van der Waals surface area contributed by atoms with Gasteiger partial charge in [-0.15, -0.1) is 0 Å². The standard InChI is InChI=1S/C39H52O4/c1-24(2)27-16-21-39(34(42)43)23-22-37(6)29(33(27)39)13-14-31-36(5)19-17-28(35(3,4)30(36)18-20-38(31,37)7)26-11-8-25(9-12-26)10-15-32(40)41/h8-12,15,17,27,29-31,33H,1,13-14,16,18-23H2,2-7H3,(H,40,41)(H,42,43)/b15-10+/t27?,29-,30+,31-,33-,36+,37-,38-,39+/m1/s1. The van der Waals surface area contributed by atoms with Crippen molar-refractivity contribution < 1.29 is 19.8 Å². The minimum atomic E-state index is -0.931. The molecule has 5 aliphatic carbocycles. The van der Waals surface area contributed by atoms with Crippen molar-refractivity contribution in [1.29, 1.82) is 0 Å². The van der Waals surface area contributed by atoms with E-state index in [-0.39, 0.29) is 27.6 Å². The van der Waals surface area contributed by atoms with E-state index in [4.69, 9.17) is 5.11 Å². The molecule has 232 valence electrons. The number of hydrogen-bond acceptors (Lipinski definition) is 2. The average Bonchev–Trinajstić information content (AvgIpc) is 3.34. The number of aliphatic carboxylic acids is 2. The van der Waals surface area contributed by atoms with Crippen LogP contribution in [-0.4, -0.2) is 22.2 Å². The third-order valence-electron chi connectivity index (χ3n) is 14.7. The van der Waals surface area contributed by atoms with Crippen molar-refractivity contribution in [2.24, 2.45) is 56.7 Å². The number of fused-ring (bicyclic) bond motifs is 7. The molecule has 6 rings (SSSR count). The molecular formula is C39H52O4. The number of carboxylic acids is 2. The summed E-state index contributed by atoms with van der Waals surface area (Å²) in [6, 6.07) is 8.38. The Morgan fingerprint density at radius 1 is 0.860 bits per heavy atom. The monoisotopic (exact) mass is 584 g/mol. The lowest BCUT2D eigenvalue weighted by molar-refractivity contribution is -0.227. The highest BCUT2D eigenvalue weighted by atomic mass is 16.4. The second-order valence-electron chi connectivity index (χ2n) is 16.5. The number of rotatable bonds is 5. The van der Waals surface area contributed by atoms with Crippen molar-refractivity contribution in [3.63, 3.8) is 0 Å². The summed E-state index contributed by atoms with van der Waals surface area (Å²) in [7, 11) is 0. The van der Waals surface area contributed by atoms with Crippen molar-refractivity contribution in [1.82, 2.24) is 0 Å². The highest BCUT2D eigenvalue weighted by molar-refractivity contribution is 5.85. The molecule has 4 fully saturated rings. The molecule has 2 N–H and O–H groups in total. The molecule has 4 nitrogen and oxygen atoms in total. The maximum Gasteiger partial charge on any atom is 0.328 e. The summed E-state index contributed by atoms with van der Waals surface area (Å²) in [6.45, 7) is 19.2. The third-order valence-corrected chi connectivity index (χ3v) is 14.7. The smallest absolute Gasteiger partial charge is 0.328 e. The highest BCUT2D eigenvalue weighted by Crippen LogP contribution is 2.77. The number of benzene rings is 1. The molecule has 0 amide bonds. The molecule has 4 saturated carbocycles. The molecule has 0 aromatic heterocycles. The first kappa shape index (κ1) is 30.4. The first-order valence-electron chi connectivity index (χ1n) is 16.7. The van der Waals surface area contributed by atoms with Gasteiger partial charge in [-0.1, -0.05) is 77.1 Å². The summed E-state index contributed by atoms with van der Waals surface area (Å²) in [4.78, 5) is 23.9. The van der Waals surface area contributed by atoms with Crippen molar-refractivity contribution in [2.75, 3.05) is 0 Å². The van der Waals surface area contributed by atoms with Crippen molar-refractivity contribution in [2.45, 2.75) is 99.3 Å². The normalized spacial score (nSPS) is 43.1. The Kier molecular flexibility index (Phi) is 7.03. The Balaban J connectivity index is 1.34. The Morgan fingerprint density at radius 2 is 1.56 bits per heavy atom. The SMILES string of the molecule is C=C(C)C1CC[C@]2(C(=O)O)CC[C@]3(C)[C@H](CC[C@@H]4[C@@]5(C)CC=C(c6ccc(/C=C/C(=O)O)cc6)C(C)(C)[C@@H]5CC[C@]43C)[C@@H]12. The van der Waals surface area contributed by atoms with Crippen LogP contribution in [0.5, 0.6) is 0 Å². The fourth-order valence-corrected chi connectivity index (χ4v) is 12.6. The largest absolute Gasteiger partial charge is 0.481 e. The average molecular weight is 585 g/mol.